The zero-order valence-corrected chi connectivity index (χ0v) is 19.0. The molecule has 0 aliphatic heterocycles. The monoisotopic (exact) mass is 500 g/mol. The lowest BCUT2D eigenvalue weighted by atomic mass is 9.99. The van der Waals surface area contributed by atoms with Crippen LogP contribution in [0.5, 0.6) is 0 Å². The molecule has 14 heteroatoms. The Kier molecular flexibility index (Phi) is 11.1. The summed E-state index contributed by atoms with van der Waals surface area (Å²) in [6.07, 6.45) is -0.0409. The fraction of sp³-hybridized carbons (Fsp3) is 0.211. The molecule has 33 heavy (non-hydrogen) atoms. The van der Waals surface area contributed by atoms with E-state index in [0.717, 1.165) is 0 Å². The minimum absolute atomic E-state index is 0. The molecule has 0 unspecified atom stereocenters. The summed E-state index contributed by atoms with van der Waals surface area (Å²) >= 11 is 0. The summed E-state index contributed by atoms with van der Waals surface area (Å²) < 4.78 is 62.0. The first-order valence-electron chi connectivity index (χ1n) is 8.83. The van der Waals surface area contributed by atoms with E-state index < -0.39 is 37.5 Å². The van der Waals surface area contributed by atoms with E-state index in [2.05, 4.69) is 4.79 Å². The fourth-order valence-electron chi connectivity index (χ4n) is 2.68. The Labute approximate surface area is 190 Å². The van der Waals surface area contributed by atoms with Gasteiger partial charge in [-0.15, -0.1) is 0 Å². The van der Waals surface area contributed by atoms with E-state index in [0.29, 0.717) is 11.1 Å². The lowest BCUT2D eigenvalue weighted by Crippen LogP contribution is -2.26. The maximum absolute atomic E-state index is 12.2. The first-order chi connectivity index (χ1) is 14.4. The highest BCUT2D eigenvalue weighted by atomic mass is 32.2. The summed E-state index contributed by atoms with van der Waals surface area (Å²) in [7, 11) is -8.65. The molecule has 8 N–H and O–H groups in total. The molecule has 0 atom stereocenters. The number of carbonyl (C=O) groups excluding carboxylic acids is 2. The summed E-state index contributed by atoms with van der Waals surface area (Å²) in [4.78, 5) is 26.7. The molecule has 0 saturated carbocycles. The third-order valence-electron chi connectivity index (χ3n) is 4.35. The molecule has 0 spiro atoms. The standard InChI is InChI=1S/C19H18N2O8S2.2H3N/c20-21-19(17(22)11-5-13-1-7-15(8-2-13)30(24,25)26)18(23)12-6-14-3-9-16(10-4-14)31(27,28)29;;/h1-4,7-10H,5-6,11-12H2,(H,24,25,26)(H,27,28,29);2*1H3. The van der Waals surface area contributed by atoms with Crippen LogP contribution in [0.25, 0.3) is 5.53 Å². The minimum atomic E-state index is -4.32. The molecule has 2 aromatic rings. The Hall–Kier alpha value is -3.10. The highest BCUT2D eigenvalue weighted by Crippen LogP contribution is 2.13. The second kappa shape index (κ2) is 12.2. The zero-order chi connectivity index (χ0) is 23.2. The van der Waals surface area contributed by atoms with Crippen molar-refractivity contribution in [1.29, 1.82) is 0 Å². The first-order valence-corrected chi connectivity index (χ1v) is 11.7. The molecule has 0 heterocycles. The van der Waals surface area contributed by atoms with Crippen LogP contribution in [0.1, 0.15) is 24.0 Å². The molecule has 0 aliphatic carbocycles. The van der Waals surface area contributed by atoms with Gasteiger partial charge in [-0.25, -0.2) is 0 Å². The normalized spacial score (nSPS) is 10.8. The molecule has 180 valence electrons. The Morgan fingerprint density at radius 1 is 0.697 bits per heavy atom. The van der Waals surface area contributed by atoms with Crippen LogP contribution in [-0.4, -0.2) is 48.0 Å². The number of aryl methyl sites for hydroxylation is 2. The van der Waals surface area contributed by atoms with Crippen LogP contribution in [-0.2, 0) is 42.7 Å². The average molecular weight is 501 g/mol. The van der Waals surface area contributed by atoms with Gasteiger partial charge in [0.25, 0.3) is 20.2 Å². The van der Waals surface area contributed by atoms with Gasteiger partial charge in [-0.1, -0.05) is 24.3 Å². The number of Topliss-reactive ketones (excluding diaryl/α,β-unsaturated/α-hetero) is 2. The van der Waals surface area contributed by atoms with Crippen molar-refractivity contribution in [3.63, 3.8) is 0 Å². The number of carbonyl (C=O) groups is 2. The highest BCUT2D eigenvalue weighted by Gasteiger charge is 2.28. The third kappa shape index (κ3) is 8.75. The van der Waals surface area contributed by atoms with Crippen molar-refractivity contribution in [2.45, 2.75) is 35.5 Å². The lowest BCUT2D eigenvalue weighted by Gasteiger charge is -2.02. The molecule has 0 fully saturated rings. The Bertz CT molecular complexity index is 1160. The number of nitrogens with zero attached hydrogens (tertiary/aromatic N) is 2. The predicted octanol–water partition coefficient (Wildman–Crippen LogP) is 1.88. The summed E-state index contributed by atoms with van der Waals surface area (Å²) in [6.45, 7) is 0. The second-order valence-electron chi connectivity index (χ2n) is 6.53. The van der Waals surface area contributed by atoms with Crippen molar-refractivity contribution in [3.8, 4) is 0 Å². The van der Waals surface area contributed by atoms with Crippen LogP contribution >= 0.6 is 0 Å². The van der Waals surface area contributed by atoms with Crippen molar-refractivity contribution in [2.24, 2.45) is 0 Å². The predicted molar refractivity (Wildman–Crippen MR) is 118 cm³/mol. The van der Waals surface area contributed by atoms with E-state index in [4.69, 9.17) is 14.6 Å². The van der Waals surface area contributed by atoms with Gasteiger partial charge in [0.15, 0.2) is 0 Å². The maximum Gasteiger partial charge on any atom is 0.400 e. The Morgan fingerprint density at radius 2 is 1.00 bits per heavy atom. The van der Waals surface area contributed by atoms with Crippen LogP contribution in [0.2, 0.25) is 0 Å². The first kappa shape index (κ1) is 29.9. The average Bonchev–Trinajstić information content (AvgIpc) is 2.70. The molecule has 2 rings (SSSR count). The fourth-order valence-corrected chi connectivity index (χ4v) is 3.64. The van der Waals surface area contributed by atoms with E-state index >= 15 is 0 Å². The largest absolute Gasteiger partial charge is 0.400 e. The molecule has 0 aromatic heterocycles. The topological polar surface area (TPSA) is 249 Å². The van der Waals surface area contributed by atoms with Crippen LogP contribution < -0.4 is 12.3 Å². The quantitative estimate of drug-likeness (QED) is 0.121. The summed E-state index contributed by atoms with van der Waals surface area (Å²) in [5.74, 6) is -1.40. The van der Waals surface area contributed by atoms with E-state index in [1.54, 1.807) is 0 Å². The van der Waals surface area contributed by atoms with Gasteiger partial charge in [-0.3, -0.25) is 18.7 Å². The zero-order valence-electron chi connectivity index (χ0n) is 17.4. The molecule has 0 aliphatic rings. The van der Waals surface area contributed by atoms with Crippen molar-refractivity contribution < 1.29 is 40.3 Å². The van der Waals surface area contributed by atoms with Gasteiger partial charge < -0.3 is 17.8 Å². The number of rotatable bonds is 10. The molecular weight excluding hydrogens is 476 g/mol. The number of benzene rings is 2. The molecule has 0 amide bonds. The van der Waals surface area contributed by atoms with E-state index in [9.17, 15) is 26.4 Å². The van der Waals surface area contributed by atoms with Gasteiger partial charge >= 0.3 is 5.71 Å². The van der Waals surface area contributed by atoms with Crippen LogP contribution in [0.3, 0.4) is 0 Å². The number of hydrogen-bond acceptors (Lipinski definition) is 8. The smallest absolute Gasteiger partial charge is 0.360 e. The highest BCUT2D eigenvalue weighted by molar-refractivity contribution is 7.86. The summed E-state index contributed by atoms with van der Waals surface area (Å²) in [5.41, 5.74) is 9.60. The Morgan fingerprint density at radius 3 is 1.24 bits per heavy atom. The van der Waals surface area contributed by atoms with Gasteiger partial charge in [0.1, 0.15) is 0 Å². The van der Waals surface area contributed by atoms with Crippen molar-refractivity contribution in [1.82, 2.24) is 12.3 Å². The van der Waals surface area contributed by atoms with Crippen molar-refractivity contribution >= 4 is 37.5 Å². The molecule has 0 radical (unpaired) electrons. The number of hydrogen-bond donors (Lipinski definition) is 4. The van der Waals surface area contributed by atoms with E-state index in [1.807, 2.05) is 0 Å². The van der Waals surface area contributed by atoms with Gasteiger partial charge in [0.2, 0.25) is 11.6 Å². The van der Waals surface area contributed by atoms with Gasteiger partial charge in [0, 0.05) is 12.8 Å². The van der Waals surface area contributed by atoms with Crippen LogP contribution in [0, 0.1) is 0 Å². The van der Waals surface area contributed by atoms with Crippen LogP contribution in [0.4, 0.5) is 0 Å². The van der Waals surface area contributed by atoms with Gasteiger partial charge in [-0.2, -0.15) is 21.6 Å². The second-order valence-corrected chi connectivity index (χ2v) is 9.38. The number of ketones is 2. The van der Waals surface area contributed by atoms with E-state index in [1.165, 1.54) is 48.5 Å². The lowest BCUT2D eigenvalue weighted by molar-refractivity contribution is -0.124. The van der Waals surface area contributed by atoms with Crippen LogP contribution in [0.15, 0.2) is 58.3 Å². The molecule has 2 aromatic carbocycles. The minimum Gasteiger partial charge on any atom is -0.360 e. The summed E-state index contributed by atoms with van der Waals surface area (Å²) in [6, 6.07) is 10.3. The molecule has 12 nitrogen and oxygen atoms in total. The van der Waals surface area contributed by atoms with Crippen molar-refractivity contribution in [2.75, 3.05) is 0 Å². The maximum atomic E-state index is 12.2. The summed E-state index contributed by atoms with van der Waals surface area (Å²) in [5, 5.41) is 0. The van der Waals surface area contributed by atoms with Gasteiger partial charge in [0.05, 0.1) is 9.79 Å². The molecule has 0 bridgehead atoms. The van der Waals surface area contributed by atoms with Gasteiger partial charge in [-0.05, 0) is 48.2 Å². The molecule has 0 saturated heterocycles. The van der Waals surface area contributed by atoms with E-state index in [-0.39, 0.29) is 47.8 Å². The third-order valence-corrected chi connectivity index (χ3v) is 6.09. The Balaban J connectivity index is 0.00000512. The SMILES string of the molecule is N.N.[N-]=[N+]=C(C(=O)CCc1ccc(S(=O)(=O)O)cc1)C(=O)CCc1ccc(S(=O)(=O)O)cc1. The van der Waals surface area contributed by atoms with Crippen molar-refractivity contribution in [3.05, 3.63) is 65.2 Å². The molecular formula is C19H24N4O8S2.